The molecule has 1 aliphatic heterocycles. The first-order valence-electron chi connectivity index (χ1n) is 7.96. The van der Waals surface area contributed by atoms with Gasteiger partial charge in [0.2, 0.25) is 5.91 Å². The van der Waals surface area contributed by atoms with Crippen molar-refractivity contribution in [3.05, 3.63) is 35.4 Å². The van der Waals surface area contributed by atoms with Crippen molar-refractivity contribution in [1.82, 2.24) is 10.2 Å². The molecule has 0 atom stereocenters. The van der Waals surface area contributed by atoms with Crippen molar-refractivity contribution in [2.75, 3.05) is 39.3 Å². The molecule has 5 heteroatoms. The molecule has 0 spiro atoms. The SMILES string of the molecule is CC(=O)N1CC[NH+](CC(=O)NCCc2ccccc2C)CC1. The van der Waals surface area contributed by atoms with Crippen LogP contribution in [0.4, 0.5) is 0 Å². The summed E-state index contributed by atoms with van der Waals surface area (Å²) in [6, 6.07) is 8.26. The Balaban J connectivity index is 1.66. The first kappa shape index (κ1) is 16.5. The van der Waals surface area contributed by atoms with Gasteiger partial charge in [-0.15, -0.1) is 0 Å². The molecule has 2 N–H and O–H groups in total. The highest BCUT2D eigenvalue weighted by atomic mass is 16.2. The zero-order valence-electron chi connectivity index (χ0n) is 13.5. The van der Waals surface area contributed by atoms with Gasteiger partial charge in [0, 0.05) is 13.5 Å². The zero-order chi connectivity index (χ0) is 15.9. The average Bonchev–Trinajstić information content (AvgIpc) is 2.50. The predicted octanol–water partition coefficient (Wildman–Crippen LogP) is -0.599. The number of aryl methyl sites for hydroxylation is 1. The minimum atomic E-state index is 0.0971. The summed E-state index contributed by atoms with van der Waals surface area (Å²) in [6.45, 7) is 8.08. The Kier molecular flexibility index (Phi) is 5.95. The van der Waals surface area contributed by atoms with Crippen molar-refractivity contribution in [2.45, 2.75) is 20.3 Å². The fourth-order valence-corrected chi connectivity index (χ4v) is 2.83. The number of piperazine rings is 1. The van der Waals surface area contributed by atoms with Gasteiger partial charge in [0.1, 0.15) is 0 Å². The molecule has 0 aromatic heterocycles. The van der Waals surface area contributed by atoms with Crippen LogP contribution in [0.2, 0.25) is 0 Å². The number of carbonyl (C=O) groups excluding carboxylic acids is 2. The van der Waals surface area contributed by atoms with E-state index in [1.165, 1.54) is 16.0 Å². The summed E-state index contributed by atoms with van der Waals surface area (Å²) in [4.78, 5) is 26.4. The van der Waals surface area contributed by atoms with Crippen LogP contribution >= 0.6 is 0 Å². The third-order valence-corrected chi connectivity index (χ3v) is 4.30. The van der Waals surface area contributed by atoms with Gasteiger partial charge >= 0.3 is 0 Å². The Hall–Kier alpha value is -1.88. The molecule has 0 radical (unpaired) electrons. The van der Waals surface area contributed by atoms with Gasteiger partial charge in [-0.3, -0.25) is 9.59 Å². The highest BCUT2D eigenvalue weighted by Gasteiger charge is 2.23. The summed E-state index contributed by atoms with van der Waals surface area (Å²) in [6.07, 6.45) is 0.867. The van der Waals surface area contributed by atoms with Gasteiger partial charge in [-0.2, -0.15) is 0 Å². The number of nitrogens with zero attached hydrogens (tertiary/aromatic N) is 1. The van der Waals surface area contributed by atoms with Crippen molar-refractivity contribution in [3.8, 4) is 0 Å². The summed E-state index contributed by atoms with van der Waals surface area (Å²) in [5.41, 5.74) is 2.55. The number of rotatable bonds is 5. The van der Waals surface area contributed by atoms with Gasteiger partial charge in [0.05, 0.1) is 26.2 Å². The minimum absolute atomic E-state index is 0.0971. The van der Waals surface area contributed by atoms with E-state index in [1.54, 1.807) is 6.92 Å². The molecule has 0 aliphatic carbocycles. The molecule has 0 unspecified atom stereocenters. The Labute approximate surface area is 132 Å². The van der Waals surface area contributed by atoms with Gasteiger partial charge in [0.15, 0.2) is 6.54 Å². The lowest BCUT2D eigenvalue weighted by molar-refractivity contribution is -0.896. The van der Waals surface area contributed by atoms with Crippen LogP contribution < -0.4 is 10.2 Å². The molecule has 120 valence electrons. The minimum Gasteiger partial charge on any atom is -0.351 e. The molecule has 1 aliphatic rings. The highest BCUT2D eigenvalue weighted by Crippen LogP contribution is 2.06. The van der Waals surface area contributed by atoms with Crippen molar-refractivity contribution in [1.29, 1.82) is 0 Å². The highest BCUT2D eigenvalue weighted by molar-refractivity contribution is 5.76. The smallest absolute Gasteiger partial charge is 0.275 e. The fraction of sp³-hybridized carbons (Fsp3) is 0.529. The molecule has 1 aromatic rings. The first-order chi connectivity index (χ1) is 10.6. The average molecular weight is 304 g/mol. The lowest BCUT2D eigenvalue weighted by Gasteiger charge is -2.31. The Bertz CT molecular complexity index is 522. The van der Waals surface area contributed by atoms with E-state index in [0.717, 1.165) is 32.6 Å². The third-order valence-electron chi connectivity index (χ3n) is 4.30. The molecule has 5 nitrogen and oxygen atoms in total. The molecule has 1 aromatic carbocycles. The van der Waals surface area contributed by atoms with E-state index in [2.05, 4.69) is 24.4 Å². The molecule has 2 rings (SSSR count). The lowest BCUT2D eigenvalue weighted by atomic mass is 10.1. The van der Waals surface area contributed by atoms with Gasteiger partial charge in [0.25, 0.3) is 5.91 Å². The molecule has 2 amide bonds. The number of amides is 2. The maximum atomic E-state index is 12.0. The number of nitrogens with one attached hydrogen (secondary N) is 2. The Morgan fingerprint density at radius 3 is 2.55 bits per heavy atom. The predicted molar refractivity (Wildman–Crippen MR) is 85.7 cm³/mol. The summed E-state index contributed by atoms with van der Waals surface area (Å²) < 4.78 is 0. The summed E-state index contributed by atoms with van der Waals surface area (Å²) in [7, 11) is 0. The van der Waals surface area contributed by atoms with Crippen LogP contribution in [0.25, 0.3) is 0 Å². The van der Waals surface area contributed by atoms with E-state index < -0.39 is 0 Å². The van der Waals surface area contributed by atoms with Crippen LogP contribution in [0.15, 0.2) is 24.3 Å². The third kappa shape index (κ3) is 4.84. The second-order valence-corrected chi connectivity index (χ2v) is 5.96. The maximum absolute atomic E-state index is 12.0. The number of hydrogen-bond acceptors (Lipinski definition) is 2. The van der Waals surface area contributed by atoms with Crippen LogP contribution in [-0.2, 0) is 16.0 Å². The van der Waals surface area contributed by atoms with Gasteiger partial charge in [-0.1, -0.05) is 24.3 Å². The van der Waals surface area contributed by atoms with Gasteiger partial charge in [-0.05, 0) is 24.5 Å². The molecule has 22 heavy (non-hydrogen) atoms. The summed E-state index contributed by atoms with van der Waals surface area (Å²) in [5.74, 6) is 0.224. The largest absolute Gasteiger partial charge is 0.351 e. The van der Waals surface area contributed by atoms with Crippen molar-refractivity contribution < 1.29 is 14.5 Å². The van der Waals surface area contributed by atoms with Crippen molar-refractivity contribution in [2.24, 2.45) is 0 Å². The van der Waals surface area contributed by atoms with E-state index in [1.807, 2.05) is 17.0 Å². The number of carbonyl (C=O) groups is 2. The Morgan fingerprint density at radius 1 is 1.23 bits per heavy atom. The van der Waals surface area contributed by atoms with E-state index in [9.17, 15) is 9.59 Å². The van der Waals surface area contributed by atoms with Crippen LogP contribution in [0, 0.1) is 6.92 Å². The maximum Gasteiger partial charge on any atom is 0.275 e. The van der Waals surface area contributed by atoms with Crippen LogP contribution in [0.5, 0.6) is 0 Å². The van der Waals surface area contributed by atoms with Crippen molar-refractivity contribution >= 4 is 11.8 Å². The second kappa shape index (κ2) is 7.94. The molecule has 1 saturated heterocycles. The molecule has 0 bridgehead atoms. The van der Waals surface area contributed by atoms with Crippen LogP contribution in [-0.4, -0.2) is 56.0 Å². The fourth-order valence-electron chi connectivity index (χ4n) is 2.83. The number of quaternary nitrogens is 1. The van der Waals surface area contributed by atoms with Crippen molar-refractivity contribution in [3.63, 3.8) is 0 Å². The van der Waals surface area contributed by atoms with Crippen LogP contribution in [0.3, 0.4) is 0 Å². The van der Waals surface area contributed by atoms with E-state index in [-0.39, 0.29) is 11.8 Å². The molecule has 0 saturated carbocycles. The number of benzene rings is 1. The molecular weight excluding hydrogens is 278 g/mol. The Morgan fingerprint density at radius 2 is 1.91 bits per heavy atom. The summed E-state index contributed by atoms with van der Waals surface area (Å²) >= 11 is 0. The monoisotopic (exact) mass is 304 g/mol. The van der Waals surface area contributed by atoms with Crippen LogP contribution in [0.1, 0.15) is 18.1 Å². The molecule has 1 heterocycles. The summed E-state index contributed by atoms with van der Waals surface area (Å²) in [5, 5.41) is 3.00. The van der Waals surface area contributed by atoms with Gasteiger partial charge in [-0.25, -0.2) is 0 Å². The quantitative estimate of drug-likeness (QED) is 0.763. The van der Waals surface area contributed by atoms with Gasteiger partial charge < -0.3 is 15.1 Å². The normalized spacial score (nSPS) is 15.6. The van der Waals surface area contributed by atoms with E-state index in [4.69, 9.17) is 0 Å². The standard InChI is InChI=1S/C17H25N3O2/c1-14-5-3-4-6-16(14)7-8-18-17(22)13-19-9-11-20(12-10-19)15(2)21/h3-6H,7-13H2,1-2H3,(H,18,22)/p+1. The van der Waals surface area contributed by atoms with E-state index in [0.29, 0.717) is 13.1 Å². The van der Waals surface area contributed by atoms with E-state index >= 15 is 0 Å². The molecule has 1 fully saturated rings. The first-order valence-corrected chi connectivity index (χ1v) is 7.96. The second-order valence-electron chi connectivity index (χ2n) is 5.96. The molecular formula is C17H26N3O2+. The number of hydrogen-bond donors (Lipinski definition) is 2. The lowest BCUT2D eigenvalue weighted by Crippen LogP contribution is -3.15. The topological polar surface area (TPSA) is 53.9 Å². The zero-order valence-corrected chi connectivity index (χ0v) is 13.5.